The Labute approximate surface area is 205 Å². The van der Waals surface area contributed by atoms with Crippen LogP contribution in [0.4, 0.5) is 16.2 Å². The molecule has 1 aliphatic rings. The molecule has 3 N–H and O–H groups in total. The normalized spacial score (nSPS) is 11.5. The highest BCUT2D eigenvalue weighted by molar-refractivity contribution is 8.00. The minimum Gasteiger partial charge on any atom is -0.454 e. The number of hydrogen-bond acceptors (Lipinski definition) is 8. The van der Waals surface area contributed by atoms with Crippen molar-refractivity contribution in [2.24, 2.45) is 0 Å². The molecular formula is C24H22N4O6S. The molecule has 0 atom stereocenters. The van der Waals surface area contributed by atoms with E-state index >= 15 is 0 Å². The molecule has 0 saturated carbocycles. The Morgan fingerprint density at radius 2 is 1.77 bits per heavy atom. The Bertz CT molecular complexity index is 1230. The first kappa shape index (κ1) is 23.9. The SMILES string of the molecule is COC(=O)Nc1ccc(CNC(=O)c2cccnc2SCC(=O)Nc2ccc3c(c2)OCO3)cc1. The molecule has 0 radical (unpaired) electrons. The molecule has 11 heteroatoms. The molecule has 0 aliphatic carbocycles. The lowest BCUT2D eigenvalue weighted by atomic mass is 10.2. The molecule has 0 fully saturated rings. The number of aromatic nitrogens is 1. The second-order valence-electron chi connectivity index (χ2n) is 7.26. The first-order valence-electron chi connectivity index (χ1n) is 10.5. The second-order valence-corrected chi connectivity index (χ2v) is 8.22. The van der Waals surface area contributed by atoms with Crippen molar-refractivity contribution in [2.75, 3.05) is 30.3 Å². The van der Waals surface area contributed by atoms with Gasteiger partial charge in [0.1, 0.15) is 5.03 Å². The average molecular weight is 495 g/mol. The summed E-state index contributed by atoms with van der Waals surface area (Å²) in [5.74, 6) is 0.726. The molecule has 0 bridgehead atoms. The van der Waals surface area contributed by atoms with E-state index in [-0.39, 0.29) is 30.9 Å². The van der Waals surface area contributed by atoms with Crippen molar-refractivity contribution in [1.82, 2.24) is 10.3 Å². The van der Waals surface area contributed by atoms with Crippen LogP contribution in [0.2, 0.25) is 0 Å². The van der Waals surface area contributed by atoms with E-state index in [1.165, 1.54) is 18.9 Å². The predicted molar refractivity (Wildman–Crippen MR) is 130 cm³/mol. The lowest BCUT2D eigenvalue weighted by Crippen LogP contribution is -2.24. The monoisotopic (exact) mass is 494 g/mol. The number of amides is 3. The zero-order valence-electron chi connectivity index (χ0n) is 18.7. The van der Waals surface area contributed by atoms with Crippen molar-refractivity contribution in [3.05, 3.63) is 71.9 Å². The van der Waals surface area contributed by atoms with Crippen LogP contribution in [0.3, 0.4) is 0 Å². The van der Waals surface area contributed by atoms with Gasteiger partial charge in [0.2, 0.25) is 12.7 Å². The van der Waals surface area contributed by atoms with Gasteiger partial charge in [0.05, 0.1) is 18.4 Å². The molecule has 0 saturated heterocycles. The number of rotatable bonds is 8. The van der Waals surface area contributed by atoms with Crippen LogP contribution in [-0.4, -0.2) is 42.5 Å². The smallest absolute Gasteiger partial charge is 0.411 e. The molecule has 4 rings (SSSR count). The summed E-state index contributed by atoms with van der Waals surface area (Å²) < 4.78 is 15.1. The van der Waals surface area contributed by atoms with Crippen molar-refractivity contribution in [3.63, 3.8) is 0 Å². The third-order valence-corrected chi connectivity index (χ3v) is 5.86. The van der Waals surface area contributed by atoms with Crippen LogP contribution in [0.1, 0.15) is 15.9 Å². The molecule has 1 aliphatic heterocycles. The molecule has 2 aromatic carbocycles. The van der Waals surface area contributed by atoms with Crippen LogP contribution in [-0.2, 0) is 16.1 Å². The molecular weight excluding hydrogens is 472 g/mol. The first-order valence-corrected chi connectivity index (χ1v) is 11.5. The predicted octanol–water partition coefficient (Wildman–Crippen LogP) is 3.65. The van der Waals surface area contributed by atoms with E-state index in [4.69, 9.17) is 9.47 Å². The average Bonchev–Trinajstić information content (AvgIpc) is 3.35. The number of methoxy groups -OCH3 is 1. The molecule has 0 spiro atoms. The van der Waals surface area contributed by atoms with Gasteiger partial charge in [-0.25, -0.2) is 9.78 Å². The number of carbonyl (C=O) groups is 3. The van der Waals surface area contributed by atoms with Gasteiger partial charge in [0.15, 0.2) is 11.5 Å². The Hall–Kier alpha value is -4.25. The summed E-state index contributed by atoms with van der Waals surface area (Å²) in [6.07, 6.45) is 1.01. The maximum atomic E-state index is 12.8. The van der Waals surface area contributed by atoms with E-state index < -0.39 is 6.09 Å². The second kappa shape index (κ2) is 11.3. The summed E-state index contributed by atoms with van der Waals surface area (Å²) in [6, 6.07) is 15.5. The minimum absolute atomic E-state index is 0.0698. The van der Waals surface area contributed by atoms with Gasteiger partial charge >= 0.3 is 6.09 Å². The number of nitrogens with zero attached hydrogens (tertiary/aromatic N) is 1. The number of benzene rings is 2. The highest BCUT2D eigenvalue weighted by Gasteiger charge is 2.16. The Balaban J connectivity index is 1.30. The first-order chi connectivity index (χ1) is 17.0. The molecule has 180 valence electrons. The van der Waals surface area contributed by atoms with Crippen LogP contribution in [0.5, 0.6) is 11.5 Å². The Morgan fingerprint density at radius 3 is 2.57 bits per heavy atom. The molecule has 10 nitrogen and oxygen atoms in total. The minimum atomic E-state index is -0.558. The molecule has 3 amide bonds. The third kappa shape index (κ3) is 6.42. The van der Waals surface area contributed by atoms with E-state index in [2.05, 4.69) is 25.7 Å². The summed E-state index contributed by atoms with van der Waals surface area (Å²) in [5.41, 5.74) is 2.39. The summed E-state index contributed by atoms with van der Waals surface area (Å²) >= 11 is 1.17. The highest BCUT2D eigenvalue weighted by Crippen LogP contribution is 2.34. The quantitative estimate of drug-likeness (QED) is 0.405. The van der Waals surface area contributed by atoms with Gasteiger partial charge in [0.25, 0.3) is 5.91 Å². The van der Waals surface area contributed by atoms with Gasteiger partial charge in [-0.05, 0) is 42.0 Å². The maximum absolute atomic E-state index is 12.8. The van der Waals surface area contributed by atoms with Gasteiger partial charge < -0.3 is 24.8 Å². The zero-order valence-corrected chi connectivity index (χ0v) is 19.5. The molecule has 35 heavy (non-hydrogen) atoms. The lowest BCUT2D eigenvalue weighted by molar-refractivity contribution is -0.113. The van der Waals surface area contributed by atoms with Crippen LogP contribution < -0.4 is 25.4 Å². The number of thioether (sulfide) groups is 1. The van der Waals surface area contributed by atoms with E-state index in [1.807, 2.05) is 0 Å². The topological polar surface area (TPSA) is 128 Å². The van der Waals surface area contributed by atoms with Gasteiger partial charge in [-0.1, -0.05) is 23.9 Å². The molecule has 2 heterocycles. The fourth-order valence-corrected chi connectivity index (χ4v) is 3.93. The van der Waals surface area contributed by atoms with Gasteiger partial charge in [-0.15, -0.1) is 0 Å². The van der Waals surface area contributed by atoms with E-state index in [0.29, 0.717) is 33.5 Å². The maximum Gasteiger partial charge on any atom is 0.411 e. The van der Waals surface area contributed by atoms with E-state index in [1.54, 1.807) is 60.8 Å². The standard InChI is InChI=1S/C24H22N4O6S/c1-32-24(31)28-16-6-4-15(5-7-16)12-26-22(30)18-3-2-10-25-23(18)35-13-21(29)27-17-8-9-19-20(11-17)34-14-33-19/h2-11H,12-14H2,1H3,(H,26,30)(H,27,29)(H,28,31). The largest absolute Gasteiger partial charge is 0.454 e. The van der Waals surface area contributed by atoms with Crippen molar-refractivity contribution in [2.45, 2.75) is 11.6 Å². The molecule has 3 aromatic rings. The highest BCUT2D eigenvalue weighted by atomic mass is 32.2. The number of hydrogen-bond donors (Lipinski definition) is 3. The van der Waals surface area contributed by atoms with Crippen LogP contribution in [0.15, 0.2) is 65.8 Å². The number of nitrogens with one attached hydrogen (secondary N) is 3. The lowest BCUT2D eigenvalue weighted by Gasteiger charge is -2.10. The van der Waals surface area contributed by atoms with Gasteiger partial charge in [0, 0.05) is 30.2 Å². The summed E-state index contributed by atoms with van der Waals surface area (Å²) in [4.78, 5) is 40.7. The number of anilines is 2. The van der Waals surface area contributed by atoms with Crippen molar-refractivity contribution >= 4 is 41.0 Å². The van der Waals surface area contributed by atoms with Crippen LogP contribution >= 0.6 is 11.8 Å². The van der Waals surface area contributed by atoms with Crippen LogP contribution in [0, 0.1) is 0 Å². The van der Waals surface area contributed by atoms with E-state index in [0.717, 1.165) is 5.56 Å². The Kier molecular flexibility index (Phi) is 7.68. The number of pyridine rings is 1. The molecule has 1 aromatic heterocycles. The summed E-state index contributed by atoms with van der Waals surface area (Å²) in [6.45, 7) is 0.436. The Morgan fingerprint density at radius 1 is 1.00 bits per heavy atom. The molecule has 0 unspecified atom stereocenters. The fourth-order valence-electron chi connectivity index (χ4n) is 3.14. The number of ether oxygens (including phenoxy) is 3. The van der Waals surface area contributed by atoms with Crippen molar-refractivity contribution in [3.8, 4) is 11.5 Å². The van der Waals surface area contributed by atoms with Crippen molar-refractivity contribution < 1.29 is 28.6 Å². The zero-order chi connectivity index (χ0) is 24.6. The number of carbonyl (C=O) groups excluding carboxylic acids is 3. The van der Waals surface area contributed by atoms with Crippen LogP contribution in [0.25, 0.3) is 0 Å². The number of fused-ring (bicyclic) bond motifs is 1. The van der Waals surface area contributed by atoms with Crippen molar-refractivity contribution in [1.29, 1.82) is 0 Å². The summed E-state index contributed by atoms with van der Waals surface area (Å²) in [7, 11) is 1.29. The fraction of sp³-hybridized carbons (Fsp3) is 0.167. The third-order valence-electron chi connectivity index (χ3n) is 4.85. The summed E-state index contributed by atoms with van der Waals surface area (Å²) in [5, 5.41) is 8.66. The van der Waals surface area contributed by atoms with E-state index in [9.17, 15) is 14.4 Å². The van der Waals surface area contributed by atoms with Gasteiger partial charge in [-0.3, -0.25) is 14.9 Å². The van der Waals surface area contributed by atoms with Gasteiger partial charge in [-0.2, -0.15) is 0 Å².